The molecule has 0 saturated carbocycles. The zero-order valence-electron chi connectivity index (χ0n) is 11.0. The number of hydrogen-bond acceptors (Lipinski definition) is 3. The molecule has 1 atom stereocenters. The highest BCUT2D eigenvalue weighted by Crippen LogP contribution is 2.18. The van der Waals surface area contributed by atoms with Crippen LogP contribution in [0.4, 0.5) is 11.4 Å². The maximum atomic E-state index is 12.0. The van der Waals surface area contributed by atoms with Gasteiger partial charge in [-0.1, -0.05) is 17.7 Å². The van der Waals surface area contributed by atoms with Gasteiger partial charge in [0.05, 0.1) is 0 Å². The molecule has 4 nitrogen and oxygen atoms in total. The van der Waals surface area contributed by atoms with Gasteiger partial charge >= 0.3 is 0 Å². The molecule has 0 unspecified atom stereocenters. The van der Waals surface area contributed by atoms with Gasteiger partial charge in [-0.15, -0.1) is 0 Å². The fraction of sp³-hybridized carbons (Fsp3) is 0.133. The summed E-state index contributed by atoms with van der Waals surface area (Å²) >= 11 is 5.79. The molecule has 0 saturated heterocycles. The number of ether oxygens (including phenoxy) is 1. The van der Waals surface area contributed by atoms with Gasteiger partial charge in [-0.2, -0.15) is 0 Å². The number of nitrogen functional groups attached to an aromatic ring is 1. The number of hydrogen-bond donors (Lipinski definition) is 2. The predicted octanol–water partition coefficient (Wildman–Crippen LogP) is 3.33. The Morgan fingerprint density at radius 1 is 1.25 bits per heavy atom. The maximum Gasteiger partial charge on any atom is 0.265 e. The fourth-order valence-electron chi connectivity index (χ4n) is 1.63. The molecule has 104 valence electrons. The second kappa shape index (κ2) is 6.30. The molecule has 0 aromatic heterocycles. The Labute approximate surface area is 122 Å². The molecule has 0 fully saturated rings. The molecule has 0 heterocycles. The van der Waals surface area contributed by atoms with Crippen LogP contribution < -0.4 is 15.8 Å². The molecule has 0 aliphatic rings. The van der Waals surface area contributed by atoms with Crippen molar-refractivity contribution in [2.45, 2.75) is 13.0 Å². The Bertz CT molecular complexity index is 599. The van der Waals surface area contributed by atoms with E-state index >= 15 is 0 Å². The Morgan fingerprint density at radius 3 is 2.60 bits per heavy atom. The number of rotatable bonds is 4. The van der Waals surface area contributed by atoms with Crippen molar-refractivity contribution >= 4 is 28.9 Å². The van der Waals surface area contributed by atoms with Crippen LogP contribution in [0.5, 0.6) is 5.75 Å². The Morgan fingerprint density at radius 2 is 1.95 bits per heavy atom. The summed E-state index contributed by atoms with van der Waals surface area (Å²) in [4.78, 5) is 12.0. The van der Waals surface area contributed by atoms with E-state index in [-0.39, 0.29) is 5.91 Å². The summed E-state index contributed by atoms with van der Waals surface area (Å²) < 4.78 is 5.53. The number of amides is 1. The number of nitrogens with one attached hydrogen (secondary N) is 1. The lowest BCUT2D eigenvalue weighted by Crippen LogP contribution is -2.30. The van der Waals surface area contributed by atoms with Crippen LogP contribution in [0.3, 0.4) is 0 Å². The van der Waals surface area contributed by atoms with E-state index in [0.29, 0.717) is 22.1 Å². The second-order valence-corrected chi connectivity index (χ2v) is 4.77. The largest absolute Gasteiger partial charge is 0.481 e. The number of anilines is 2. The third-order valence-electron chi connectivity index (χ3n) is 2.65. The average molecular weight is 291 g/mol. The van der Waals surface area contributed by atoms with Crippen LogP contribution in [-0.4, -0.2) is 12.0 Å². The van der Waals surface area contributed by atoms with Gasteiger partial charge in [0.25, 0.3) is 5.91 Å². The fourth-order valence-corrected chi connectivity index (χ4v) is 1.76. The van der Waals surface area contributed by atoms with Crippen molar-refractivity contribution in [1.29, 1.82) is 0 Å². The smallest absolute Gasteiger partial charge is 0.265 e. The first-order chi connectivity index (χ1) is 9.54. The number of halogens is 1. The standard InChI is InChI=1S/C15H15ClN2O2/c1-10(20-14-7-5-11(16)6-8-14)15(19)18-13-4-2-3-12(17)9-13/h2-10H,17H2,1H3,(H,18,19)/t10-/m1/s1. The summed E-state index contributed by atoms with van der Waals surface area (Å²) in [5, 5.41) is 3.36. The van der Waals surface area contributed by atoms with Crippen LogP contribution in [0.2, 0.25) is 5.02 Å². The molecule has 2 rings (SSSR count). The van der Waals surface area contributed by atoms with Crippen molar-refractivity contribution in [2.24, 2.45) is 0 Å². The van der Waals surface area contributed by atoms with E-state index in [1.165, 1.54) is 0 Å². The summed E-state index contributed by atoms with van der Waals surface area (Å²) in [6, 6.07) is 13.8. The molecule has 2 aromatic carbocycles. The molecule has 0 aliphatic carbocycles. The Balaban J connectivity index is 1.96. The molecular weight excluding hydrogens is 276 g/mol. The van der Waals surface area contributed by atoms with Crippen LogP contribution in [-0.2, 0) is 4.79 Å². The first-order valence-corrected chi connectivity index (χ1v) is 6.51. The van der Waals surface area contributed by atoms with Gasteiger partial charge in [-0.05, 0) is 49.4 Å². The molecule has 1 amide bonds. The van der Waals surface area contributed by atoms with Gasteiger partial charge in [-0.25, -0.2) is 0 Å². The molecule has 0 bridgehead atoms. The van der Waals surface area contributed by atoms with E-state index in [4.69, 9.17) is 22.1 Å². The van der Waals surface area contributed by atoms with Crippen LogP contribution in [0, 0.1) is 0 Å². The average Bonchev–Trinajstić information content (AvgIpc) is 2.41. The highest BCUT2D eigenvalue weighted by atomic mass is 35.5. The summed E-state index contributed by atoms with van der Waals surface area (Å²) in [6.07, 6.45) is -0.627. The van der Waals surface area contributed by atoms with Gasteiger partial charge in [0.1, 0.15) is 5.75 Å². The van der Waals surface area contributed by atoms with Crippen molar-refractivity contribution in [1.82, 2.24) is 0 Å². The topological polar surface area (TPSA) is 64.3 Å². The maximum absolute atomic E-state index is 12.0. The molecule has 5 heteroatoms. The van der Waals surface area contributed by atoms with E-state index in [9.17, 15) is 4.79 Å². The van der Waals surface area contributed by atoms with Crippen molar-refractivity contribution in [2.75, 3.05) is 11.1 Å². The molecule has 2 aromatic rings. The first kappa shape index (κ1) is 14.2. The third kappa shape index (κ3) is 3.90. The normalized spacial score (nSPS) is 11.7. The Kier molecular flexibility index (Phi) is 4.48. The lowest BCUT2D eigenvalue weighted by atomic mass is 10.2. The number of nitrogens with two attached hydrogens (primary N) is 1. The molecule has 20 heavy (non-hydrogen) atoms. The van der Waals surface area contributed by atoms with Gasteiger partial charge in [-0.3, -0.25) is 4.79 Å². The lowest BCUT2D eigenvalue weighted by Gasteiger charge is -2.15. The minimum Gasteiger partial charge on any atom is -0.481 e. The number of carbonyl (C=O) groups excluding carboxylic acids is 1. The molecule has 0 radical (unpaired) electrons. The summed E-state index contributed by atoms with van der Waals surface area (Å²) in [5.41, 5.74) is 6.89. The summed E-state index contributed by atoms with van der Waals surface area (Å²) in [6.45, 7) is 1.68. The van der Waals surface area contributed by atoms with E-state index in [1.807, 2.05) is 0 Å². The van der Waals surface area contributed by atoms with Crippen molar-refractivity contribution in [3.63, 3.8) is 0 Å². The number of benzene rings is 2. The van der Waals surface area contributed by atoms with E-state index in [1.54, 1.807) is 55.5 Å². The van der Waals surface area contributed by atoms with Crippen LogP contribution >= 0.6 is 11.6 Å². The van der Waals surface area contributed by atoms with E-state index < -0.39 is 6.10 Å². The molecule has 0 aliphatic heterocycles. The van der Waals surface area contributed by atoms with Crippen molar-refractivity contribution in [3.8, 4) is 5.75 Å². The van der Waals surface area contributed by atoms with Gasteiger partial charge in [0.15, 0.2) is 6.10 Å². The molecular formula is C15H15ClN2O2. The second-order valence-electron chi connectivity index (χ2n) is 4.33. The van der Waals surface area contributed by atoms with Crippen molar-refractivity contribution in [3.05, 3.63) is 53.6 Å². The molecule has 3 N–H and O–H groups in total. The van der Waals surface area contributed by atoms with Gasteiger partial charge in [0.2, 0.25) is 0 Å². The predicted molar refractivity (Wildman–Crippen MR) is 81.0 cm³/mol. The van der Waals surface area contributed by atoms with E-state index in [0.717, 1.165) is 0 Å². The zero-order valence-corrected chi connectivity index (χ0v) is 11.7. The highest BCUT2D eigenvalue weighted by molar-refractivity contribution is 6.30. The first-order valence-electron chi connectivity index (χ1n) is 6.13. The van der Waals surface area contributed by atoms with Crippen LogP contribution in [0.1, 0.15) is 6.92 Å². The van der Waals surface area contributed by atoms with Crippen LogP contribution in [0.25, 0.3) is 0 Å². The Hall–Kier alpha value is -2.20. The van der Waals surface area contributed by atoms with Gasteiger partial charge < -0.3 is 15.8 Å². The van der Waals surface area contributed by atoms with Crippen LogP contribution in [0.15, 0.2) is 48.5 Å². The third-order valence-corrected chi connectivity index (χ3v) is 2.90. The monoisotopic (exact) mass is 290 g/mol. The minimum atomic E-state index is -0.627. The zero-order chi connectivity index (χ0) is 14.5. The van der Waals surface area contributed by atoms with Crippen molar-refractivity contribution < 1.29 is 9.53 Å². The number of carbonyl (C=O) groups is 1. The summed E-state index contributed by atoms with van der Waals surface area (Å²) in [7, 11) is 0. The van der Waals surface area contributed by atoms with Gasteiger partial charge in [0, 0.05) is 16.4 Å². The molecule has 0 spiro atoms. The lowest BCUT2D eigenvalue weighted by molar-refractivity contribution is -0.122. The minimum absolute atomic E-state index is 0.245. The van der Waals surface area contributed by atoms with E-state index in [2.05, 4.69) is 5.32 Å². The quantitative estimate of drug-likeness (QED) is 0.849. The summed E-state index contributed by atoms with van der Waals surface area (Å²) in [5.74, 6) is 0.343. The SMILES string of the molecule is C[C@@H](Oc1ccc(Cl)cc1)C(=O)Nc1cccc(N)c1. The highest BCUT2D eigenvalue weighted by Gasteiger charge is 2.14.